The van der Waals surface area contributed by atoms with Crippen LogP contribution in [-0.2, 0) is 6.54 Å². The maximum absolute atomic E-state index is 12.3. The van der Waals surface area contributed by atoms with Gasteiger partial charge in [0.05, 0.1) is 15.5 Å². The Morgan fingerprint density at radius 2 is 1.97 bits per heavy atom. The molecule has 29 heavy (non-hydrogen) atoms. The topological polar surface area (TPSA) is 111 Å². The molecule has 0 aliphatic heterocycles. The number of benzene rings is 2. The molecule has 1 amide bonds. The number of hydrogen-bond donors (Lipinski definition) is 1. The van der Waals surface area contributed by atoms with Gasteiger partial charge in [0.1, 0.15) is 0 Å². The second kappa shape index (κ2) is 7.69. The maximum Gasteiger partial charge on any atom is 0.270 e. The average Bonchev–Trinajstić information content (AvgIpc) is 3.16. The summed E-state index contributed by atoms with van der Waals surface area (Å²) in [5.74, 6) is 0.0472. The molecule has 0 fully saturated rings. The van der Waals surface area contributed by atoms with E-state index in [1.807, 2.05) is 24.3 Å². The molecule has 0 unspecified atom stereocenters. The normalized spacial score (nSPS) is 10.8. The highest BCUT2D eigenvalue weighted by molar-refractivity contribution is 6.34. The number of fused-ring (bicyclic) bond motifs is 1. The largest absolute Gasteiger partial charge is 0.434 e. The first-order chi connectivity index (χ1) is 14.0. The number of halogens is 1. The molecule has 0 atom stereocenters. The molecule has 2 aromatic heterocycles. The average molecular weight is 409 g/mol. The fraction of sp³-hybridized carbons (Fsp3) is 0.0500. The molecule has 0 aliphatic carbocycles. The number of non-ortho nitro benzene ring substituents is 1. The van der Waals surface area contributed by atoms with E-state index in [0.29, 0.717) is 17.1 Å². The minimum absolute atomic E-state index is 0.0246. The summed E-state index contributed by atoms with van der Waals surface area (Å²) in [7, 11) is 0. The summed E-state index contributed by atoms with van der Waals surface area (Å²) in [6, 6.07) is 14.7. The Morgan fingerprint density at radius 1 is 1.17 bits per heavy atom. The van der Waals surface area contributed by atoms with Gasteiger partial charge in [-0.2, -0.15) is 4.98 Å². The van der Waals surface area contributed by atoms with Crippen LogP contribution in [0.4, 0.5) is 5.69 Å². The van der Waals surface area contributed by atoms with E-state index in [1.54, 1.807) is 18.3 Å². The molecule has 0 bridgehead atoms. The van der Waals surface area contributed by atoms with Crippen molar-refractivity contribution in [1.29, 1.82) is 0 Å². The molecule has 4 aromatic rings. The van der Waals surface area contributed by atoms with Crippen molar-refractivity contribution in [3.05, 3.63) is 87.1 Å². The third-order valence-corrected chi connectivity index (χ3v) is 4.54. The zero-order chi connectivity index (χ0) is 20.4. The molecule has 2 heterocycles. The SMILES string of the molecule is O=C(NCc1ccc(-c2nc3ncccc3o2)cc1)c1ccc([N+](=O)[O-])cc1Cl. The van der Waals surface area contributed by atoms with Crippen molar-refractivity contribution in [2.45, 2.75) is 6.54 Å². The van der Waals surface area contributed by atoms with Gasteiger partial charge in [-0.05, 0) is 35.9 Å². The van der Waals surface area contributed by atoms with E-state index in [-0.39, 0.29) is 22.8 Å². The van der Waals surface area contributed by atoms with Crippen LogP contribution in [0.1, 0.15) is 15.9 Å². The van der Waals surface area contributed by atoms with Crippen molar-refractivity contribution in [2.75, 3.05) is 0 Å². The number of amides is 1. The molecule has 0 radical (unpaired) electrons. The van der Waals surface area contributed by atoms with Crippen LogP contribution in [-0.4, -0.2) is 20.8 Å². The van der Waals surface area contributed by atoms with Crippen LogP contribution in [0.5, 0.6) is 0 Å². The Hall–Kier alpha value is -3.78. The summed E-state index contributed by atoms with van der Waals surface area (Å²) in [4.78, 5) is 31.0. The van der Waals surface area contributed by atoms with Gasteiger partial charge in [0.25, 0.3) is 11.6 Å². The van der Waals surface area contributed by atoms with Crippen molar-refractivity contribution in [3.8, 4) is 11.5 Å². The van der Waals surface area contributed by atoms with Crippen LogP contribution >= 0.6 is 11.6 Å². The number of oxazole rings is 1. The van der Waals surface area contributed by atoms with Gasteiger partial charge in [-0.15, -0.1) is 0 Å². The zero-order valence-electron chi connectivity index (χ0n) is 14.8. The monoisotopic (exact) mass is 408 g/mol. The summed E-state index contributed by atoms with van der Waals surface area (Å²) in [6.45, 7) is 0.265. The lowest BCUT2D eigenvalue weighted by Crippen LogP contribution is -2.23. The molecule has 0 aliphatic rings. The maximum atomic E-state index is 12.3. The minimum Gasteiger partial charge on any atom is -0.434 e. The van der Waals surface area contributed by atoms with Gasteiger partial charge < -0.3 is 9.73 Å². The van der Waals surface area contributed by atoms with Gasteiger partial charge in [0.2, 0.25) is 5.89 Å². The van der Waals surface area contributed by atoms with E-state index in [2.05, 4.69) is 15.3 Å². The Balaban J connectivity index is 1.44. The fourth-order valence-electron chi connectivity index (χ4n) is 2.74. The third kappa shape index (κ3) is 3.92. The number of aromatic nitrogens is 2. The van der Waals surface area contributed by atoms with Gasteiger partial charge in [-0.1, -0.05) is 23.7 Å². The Labute approximate surface area is 169 Å². The highest BCUT2D eigenvalue weighted by Gasteiger charge is 2.15. The lowest BCUT2D eigenvalue weighted by molar-refractivity contribution is -0.384. The number of nitro benzene ring substituents is 1. The number of carbonyl (C=O) groups excluding carboxylic acids is 1. The molecule has 8 nitrogen and oxygen atoms in total. The molecule has 0 saturated heterocycles. The predicted molar refractivity (Wildman–Crippen MR) is 107 cm³/mol. The van der Waals surface area contributed by atoms with Gasteiger partial charge in [-0.3, -0.25) is 14.9 Å². The van der Waals surface area contributed by atoms with Crippen molar-refractivity contribution in [3.63, 3.8) is 0 Å². The molecule has 2 aromatic carbocycles. The van der Waals surface area contributed by atoms with Crippen LogP contribution in [0.25, 0.3) is 22.7 Å². The van der Waals surface area contributed by atoms with Crippen LogP contribution < -0.4 is 5.32 Å². The third-order valence-electron chi connectivity index (χ3n) is 4.23. The smallest absolute Gasteiger partial charge is 0.270 e. The van der Waals surface area contributed by atoms with Crippen molar-refractivity contribution in [2.24, 2.45) is 0 Å². The summed E-state index contributed by atoms with van der Waals surface area (Å²) >= 11 is 5.98. The molecule has 144 valence electrons. The van der Waals surface area contributed by atoms with Gasteiger partial charge in [-0.25, -0.2) is 4.98 Å². The van der Waals surface area contributed by atoms with Crippen LogP contribution in [0.2, 0.25) is 5.02 Å². The number of pyridine rings is 1. The second-order valence-corrected chi connectivity index (χ2v) is 6.55. The van der Waals surface area contributed by atoms with Crippen LogP contribution in [0.15, 0.2) is 65.2 Å². The molecular weight excluding hydrogens is 396 g/mol. The molecule has 9 heteroatoms. The molecule has 4 rings (SSSR count). The van der Waals surface area contributed by atoms with E-state index in [9.17, 15) is 14.9 Å². The molecule has 1 N–H and O–H groups in total. The zero-order valence-corrected chi connectivity index (χ0v) is 15.6. The highest BCUT2D eigenvalue weighted by atomic mass is 35.5. The second-order valence-electron chi connectivity index (χ2n) is 6.15. The van der Waals surface area contributed by atoms with Crippen molar-refractivity contribution >= 4 is 34.4 Å². The number of nitrogens with one attached hydrogen (secondary N) is 1. The highest BCUT2D eigenvalue weighted by Crippen LogP contribution is 2.24. The Kier molecular flexibility index (Phi) is 4.92. The number of nitrogens with zero attached hydrogens (tertiary/aromatic N) is 3. The number of hydrogen-bond acceptors (Lipinski definition) is 6. The first-order valence-corrected chi connectivity index (χ1v) is 8.92. The standard InChI is InChI=1S/C20H13ClN4O4/c21-16-10-14(25(27)28)7-8-15(16)19(26)23-11-12-3-5-13(6-4-12)20-24-18-17(29-20)2-1-9-22-18/h1-10H,11H2,(H,23,26). The first-order valence-electron chi connectivity index (χ1n) is 8.54. The molecule has 0 saturated carbocycles. The van der Waals surface area contributed by atoms with E-state index in [0.717, 1.165) is 17.2 Å². The lowest BCUT2D eigenvalue weighted by Gasteiger charge is -2.07. The van der Waals surface area contributed by atoms with Gasteiger partial charge in [0.15, 0.2) is 11.2 Å². The van der Waals surface area contributed by atoms with Crippen LogP contribution in [0, 0.1) is 10.1 Å². The van der Waals surface area contributed by atoms with E-state index in [1.165, 1.54) is 12.1 Å². The van der Waals surface area contributed by atoms with E-state index >= 15 is 0 Å². The first kappa shape index (κ1) is 18.6. The number of nitro groups is 1. The van der Waals surface area contributed by atoms with E-state index < -0.39 is 10.8 Å². The lowest BCUT2D eigenvalue weighted by atomic mass is 10.1. The van der Waals surface area contributed by atoms with Crippen molar-refractivity contribution in [1.82, 2.24) is 15.3 Å². The van der Waals surface area contributed by atoms with Gasteiger partial charge in [0, 0.05) is 30.4 Å². The summed E-state index contributed by atoms with van der Waals surface area (Å²) < 4.78 is 5.68. The summed E-state index contributed by atoms with van der Waals surface area (Å²) in [6.07, 6.45) is 1.65. The minimum atomic E-state index is -0.567. The van der Waals surface area contributed by atoms with Crippen molar-refractivity contribution < 1.29 is 14.1 Å². The number of carbonyl (C=O) groups is 1. The van der Waals surface area contributed by atoms with Gasteiger partial charge >= 0.3 is 0 Å². The molecule has 0 spiro atoms. The number of rotatable bonds is 5. The van der Waals surface area contributed by atoms with E-state index in [4.69, 9.17) is 16.0 Å². The fourth-order valence-corrected chi connectivity index (χ4v) is 3.00. The summed E-state index contributed by atoms with van der Waals surface area (Å²) in [5.41, 5.74) is 2.80. The van der Waals surface area contributed by atoms with Crippen LogP contribution in [0.3, 0.4) is 0 Å². The quantitative estimate of drug-likeness (QED) is 0.387. The molecular formula is C20H13ClN4O4. The summed E-state index contributed by atoms with van der Waals surface area (Å²) in [5, 5.41) is 13.5. The Bertz CT molecular complexity index is 1190. The Morgan fingerprint density at radius 3 is 2.66 bits per heavy atom. The predicted octanol–water partition coefficient (Wildman–Crippen LogP) is 4.38.